The van der Waals surface area contributed by atoms with E-state index in [2.05, 4.69) is 4.90 Å². The molecule has 3 aliphatic rings. The number of ether oxygens (including phenoxy) is 1. The van der Waals surface area contributed by atoms with Crippen LogP contribution in [0.2, 0.25) is 0 Å². The number of halogens is 1. The molecule has 0 unspecified atom stereocenters. The Labute approximate surface area is 95.0 Å². The molecule has 3 heteroatoms. The highest BCUT2D eigenvalue weighted by molar-refractivity contribution is 5.23. The minimum Gasteiger partial charge on any atom is -0.489 e. The SMILES string of the molecule is Fc1cccc(O[C@H]2CN3CCC2CC3)c1. The normalized spacial score (nSPS) is 32.7. The largest absolute Gasteiger partial charge is 0.489 e. The minimum atomic E-state index is -0.223. The van der Waals surface area contributed by atoms with E-state index in [4.69, 9.17) is 4.74 Å². The summed E-state index contributed by atoms with van der Waals surface area (Å²) < 4.78 is 18.9. The summed E-state index contributed by atoms with van der Waals surface area (Å²) in [5.74, 6) is 1.10. The molecule has 0 aromatic heterocycles. The van der Waals surface area contributed by atoms with Gasteiger partial charge in [-0.15, -0.1) is 0 Å². The standard InChI is InChI=1S/C13H16FNO/c14-11-2-1-3-12(8-11)16-13-9-15-6-4-10(13)5-7-15/h1-3,8,10,13H,4-7,9H2/t13-/m0/s1. The van der Waals surface area contributed by atoms with E-state index in [1.807, 2.05) is 6.07 Å². The van der Waals surface area contributed by atoms with Gasteiger partial charge in [-0.1, -0.05) is 6.07 Å². The zero-order valence-corrected chi connectivity index (χ0v) is 9.23. The molecular weight excluding hydrogens is 205 g/mol. The van der Waals surface area contributed by atoms with E-state index in [1.54, 1.807) is 6.07 Å². The second kappa shape index (κ2) is 4.06. The summed E-state index contributed by atoms with van der Waals surface area (Å²) in [4.78, 5) is 2.43. The lowest BCUT2D eigenvalue weighted by atomic mass is 9.86. The summed E-state index contributed by atoms with van der Waals surface area (Å²) in [7, 11) is 0. The zero-order chi connectivity index (χ0) is 11.0. The molecule has 1 aromatic carbocycles. The van der Waals surface area contributed by atoms with Gasteiger partial charge in [0.1, 0.15) is 17.7 Å². The Kier molecular flexibility index (Phi) is 2.56. The summed E-state index contributed by atoms with van der Waals surface area (Å²) in [5, 5.41) is 0. The van der Waals surface area contributed by atoms with Crippen molar-refractivity contribution in [3.05, 3.63) is 30.1 Å². The van der Waals surface area contributed by atoms with Crippen LogP contribution in [0.15, 0.2) is 24.3 Å². The van der Waals surface area contributed by atoms with Crippen molar-refractivity contribution in [2.24, 2.45) is 5.92 Å². The van der Waals surface area contributed by atoms with E-state index in [1.165, 1.54) is 38.1 Å². The third kappa shape index (κ3) is 1.92. The van der Waals surface area contributed by atoms with Crippen LogP contribution in [0.3, 0.4) is 0 Å². The molecule has 0 spiro atoms. The maximum absolute atomic E-state index is 13.0. The molecule has 1 atom stereocenters. The number of benzene rings is 1. The topological polar surface area (TPSA) is 12.5 Å². The highest BCUT2D eigenvalue weighted by atomic mass is 19.1. The fraction of sp³-hybridized carbons (Fsp3) is 0.538. The molecule has 2 bridgehead atoms. The number of piperidine rings is 3. The lowest BCUT2D eigenvalue weighted by Gasteiger charge is -2.44. The predicted octanol–water partition coefficient (Wildman–Crippen LogP) is 2.30. The fourth-order valence-corrected chi connectivity index (χ4v) is 2.76. The van der Waals surface area contributed by atoms with E-state index in [9.17, 15) is 4.39 Å². The Hall–Kier alpha value is -1.09. The van der Waals surface area contributed by atoms with Gasteiger partial charge in [-0.05, 0) is 44.0 Å². The Bertz CT molecular complexity index is 374. The van der Waals surface area contributed by atoms with Crippen LogP contribution in [0.25, 0.3) is 0 Å². The van der Waals surface area contributed by atoms with Crippen LogP contribution < -0.4 is 4.74 Å². The predicted molar refractivity (Wildman–Crippen MR) is 60.0 cm³/mol. The highest BCUT2D eigenvalue weighted by Gasteiger charge is 2.35. The lowest BCUT2D eigenvalue weighted by molar-refractivity contribution is -0.00788. The molecule has 0 aliphatic carbocycles. The molecule has 1 aromatic rings. The van der Waals surface area contributed by atoms with Crippen molar-refractivity contribution in [2.45, 2.75) is 18.9 Å². The minimum absolute atomic E-state index is 0.223. The first kappa shape index (κ1) is 10.1. The van der Waals surface area contributed by atoms with Gasteiger partial charge >= 0.3 is 0 Å². The average Bonchev–Trinajstić information content (AvgIpc) is 2.30. The number of fused-ring (bicyclic) bond motifs is 3. The van der Waals surface area contributed by atoms with Gasteiger partial charge in [0, 0.05) is 12.6 Å². The first-order chi connectivity index (χ1) is 7.81. The lowest BCUT2D eigenvalue weighted by Crippen LogP contribution is -2.52. The molecule has 0 N–H and O–H groups in total. The molecule has 2 nitrogen and oxygen atoms in total. The smallest absolute Gasteiger partial charge is 0.126 e. The molecule has 3 aliphatic heterocycles. The second-order valence-corrected chi connectivity index (χ2v) is 4.75. The van der Waals surface area contributed by atoms with Gasteiger partial charge < -0.3 is 4.74 Å². The van der Waals surface area contributed by atoms with E-state index in [-0.39, 0.29) is 11.9 Å². The molecule has 4 rings (SSSR count). The van der Waals surface area contributed by atoms with E-state index < -0.39 is 0 Å². The first-order valence-corrected chi connectivity index (χ1v) is 5.96. The molecule has 16 heavy (non-hydrogen) atoms. The molecular formula is C13H16FNO. The van der Waals surface area contributed by atoms with Crippen LogP contribution in [-0.4, -0.2) is 30.6 Å². The Morgan fingerprint density at radius 3 is 2.69 bits per heavy atom. The van der Waals surface area contributed by atoms with Crippen LogP contribution in [0.1, 0.15) is 12.8 Å². The Morgan fingerprint density at radius 2 is 2.06 bits per heavy atom. The van der Waals surface area contributed by atoms with Crippen molar-refractivity contribution in [1.29, 1.82) is 0 Å². The van der Waals surface area contributed by atoms with Gasteiger partial charge in [-0.25, -0.2) is 4.39 Å². The van der Waals surface area contributed by atoms with Crippen LogP contribution >= 0.6 is 0 Å². The monoisotopic (exact) mass is 221 g/mol. The molecule has 3 saturated heterocycles. The van der Waals surface area contributed by atoms with Gasteiger partial charge in [0.25, 0.3) is 0 Å². The van der Waals surface area contributed by atoms with E-state index in [0.29, 0.717) is 11.7 Å². The van der Waals surface area contributed by atoms with Crippen LogP contribution in [-0.2, 0) is 0 Å². The van der Waals surface area contributed by atoms with Gasteiger partial charge in [0.15, 0.2) is 0 Å². The summed E-state index contributed by atoms with van der Waals surface area (Å²) in [5.41, 5.74) is 0. The summed E-state index contributed by atoms with van der Waals surface area (Å²) >= 11 is 0. The molecule has 3 heterocycles. The van der Waals surface area contributed by atoms with E-state index >= 15 is 0 Å². The molecule has 3 fully saturated rings. The van der Waals surface area contributed by atoms with Gasteiger partial charge in [0.2, 0.25) is 0 Å². The second-order valence-electron chi connectivity index (χ2n) is 4.75. The van der Waals surface area contributed by atoms with Crippen molar-refractivity contribution >= 4 is 0 Å². The maximum Gasteiger partial charge on any atom is 0.126 e. The molecule has 0 radical (unpaired) electrons. The quantitative estimate of drug-likeness (QED) is 0.759. The first-order valence-electron chi connectivity index (χ1n) is 5.96. The number of hydrogen-bond acceptors (Lipinski definition) is 2. The van der Waals surface area contributed by atoms with E-state index in [0.717, 1.165) is 6.54 Å². The van der Waals surface area contributed by atoms with Crippen molar-refractivity contribution < 1.29 is 9.13 Å². The third-order valence-corrected chi connectivity index (χ3v) is 3.68. The number of hydrogen-bond donors (Lipinski definition) is 0. The summed E-state index contributed by atoms with van der Waals surface area (Å²) in [6.07, 6.45) is 2.70. The fourth-order valence-electron chi connectivity index (χ4n) is 2.76. The number of rotatable bonds is 2. The summed E-state index contributed by atoms with van der Waals surface area (Å²) in [6.45, 7) is 3.41. The third-order valence-electron chi connectivity index (χ3n) is 3.68. The summed E-state index contributed by atoms with van der Waals surface area (Å²) in [6, 6.07) is 6.45. The van der Waals surface area contributed by atoms with Crippen molar-refractivity contribution in [3.8, 4) is 5.75 Å². The Balaban J connectivity index is 1.71. The molecule has 86 valence electrons. The van der Waals surface area contributed by atoms with Crippen LogP contribution in [0.5, 0.6) is 5.75 Å². The molecule has 0 saturated carbocycles. The zero-order valence-electron chi connectivity index (χ0n) is 9.23. The maximum atomic E-state index is 13.0. The van der Waals surface area contributed by atoms with Crippen molar-refractivity contribution in [3.63, 3.8) is 0 Å². The average molecular weight is 221 g/mol. The van der Waals surface area contributed by atoms with Gasteiger partial charge in [-0.3, -0.25) is 4.90 Å². The van der Waals surface area contributed by atoms with Gasteiger partial charge in [0.05, 0.1) is 0 Å². The van der Waals surface area contributed by atoms with Crippen LogP contribution in [0.4, 0.5) is 4.39 Å². The molecule has 0 amide bonds. The Morgan fingerprint density at radius 1 is 1.25 bits per heavy atom. The van der Waals surface area contributed by atoms with Crippen LogP contribution in [0, 0.1) is 11.7 Å². The number of nitrogens with zero attached hydrogens (tertiary/aromatic N) is 1. The van der Waals surface area contributed by atoms with Crippen molar-refractivity contribution in [2.75, 3.05) is 19.6 Å². The highest BCUT2D eigenvalue weighted by Crippen LogP contribution is 2.30. The van der Waals surface area contributed by atoms with Crippen molar-refractivity contribution in [1.82, 2.24) is 4.90 Å². The van der Waals surface area contributed by atoms with Gasteiger partial charge in [-0.2, -0.15) is 0 Å².